The monoisotopic (exact) mass is 481 g/mol. The van der Waals surface area contributed by atoms with Crippen molar-refractivity contribution in [1.29, 1.82) is 0 Å². The molecule has 21 heavy (non-hydrogen) atoms. The second-order valence-electron chi connectivity index (χ2n) is 4.42. The molecular formula is C15H14BrClINO2. The second kappa shape index (κ2) is 8.22. The van der Waals surface area contributed by atoms with E-state index in [-0.39, 0.29) is 6.61 Å². The van der Waals surface area contributed by atoms with Crippen molar-refractivity contribution in [3.8, 4) is 5.75 Å². The van der Waals surface area contributed by atoms with Gasteiger partial charge in [0.1, 0.15) is 18.5 Å². The summed E-state index contributed by atoms with van der Waals surface area (Å²) in [7, 11) is 0. The average Bonchev–Trinajstić information content (AvgIpc) is 2.46. The lowest BCUT2D eigenvalue weighted by Gasteiger charge is -2.15. The van der Waals surface area contributed by atoms with Crippen molar-refractivity contribution in [3.63, 3.8) is 0 Å². The average molecular weight is 483 g/mol. The second-order valence-corrected chi connectivity index (χ2v) is 6.94. The lowest BCUT2D eigenvalue weighted by Crippen LogP contribution is -2.26. The maximum absolute atomic E-state index is 9.95. The number of benzene rings is 2. The van der Waals surface area contributed by atoms with Gasteiger partial charge >= 0.3 is 0 Å². The number of hydrogen-bond acceptors (Lipinski definition) is 3. The summed E-state index contributed by atoms with van der Waals surface area (Å²) < 4.78 is 7.54. The first-order valence-electron chi connectivity index (χ1n) is 6.30. The van der Waals surface area contributed by atoms with Gasteiger partial charge in [0.25, 0.3) is 0 Å². The third-order valence-electron chi connectivity index (χ3n) is 2.72. The van der Waals surface area contributed by atoms with Gasteiger partial charge in [-0.05, 0) is 65.1 Å². The highest BCUT2D eigenvalue weighted by Gasteiger charge is 2.07. The Hall–Kier alpha value is -0.500. The van der Waals surface area contributed by atoms with Crippen LogP contribution in [0.4, 0.5) is 5.69 Å². The van der Waals surface area contributed by atoms with Crippen molar-refractivity contribution in [2.45, 2.75) is 6.10 Å². The van der Waals surface area contributed by atoms with E-state index < -0.39 is 6.10 Å². The van der Waals surface area contributed by atoms with Gasteiger partial charge < -0.3 is 15.2 Å². The normalized spacial score (nSPS) is 12.0. The molecule has 0 radical (unpaired) electrons. The first-order valence-corrected chi connectivity index (χ1v) is 8.55. The highest BCUT2D eigenvalue weighted by atomic mass is 127. The van der Waals surface area contributed by atoms with Crippen LogP contribution >= 0.6 is 50.1 Å². The first kappa shape index (κ1) is 16.9. The van der Waals surface area contributed by atoms with E-state index in [1.54, 1.807) is 0 Å². The summed E-state index contributed by atoms with van der Waals surface area (Å²) in [5.41, 5.74) is 0.947. The Morgan fingerprint density at radius 2 is 1.95 bits per heavy atom. The van der Waals surface area contributed by atoms with Gasteiger partial charge in [-0.15, -0.1) is 0 Å². The van der Waals surface area contributed by atoms with Crippen molar-refractivity contribution in [2.24, 2.45) is 0 Å². The van der Waals surface area contributed by atoms with Crippen LogP contribution in [0.2, 0.25) is 5.02 Å². The number of ether oxygens (including phenoxy) is 1. The Morgan fingerprint density at radius 3 is 2.62 bits per heavy atom. The molecule has 0 fully saturated rings. The van der Waals surface area contributed by atoms with E-state index in [1.807, 2.05) is 42.5 Å². The summed E-state index contributed by atoms with van der Waals surface area (Å²) in [6, 6.07) is 13.1. The van der Waals surface area contributed by atoms with Crippen LogP contribution in [0.15, 0.2) is 46.9 Å². The van der Waals surface area contributed by atoms with Crippen LogP contribution in [-0.2, 0) is 0 Å². The Kier molecular flexibility index (Phi) is 6.60. The molecule has 0 spiro atoms. The fourth-order valence-electron chi connectivity index (χ4n) is 1.64. The predicted molar refractivity (Wildman–Crippen MR) is 98.3 cm³/mol. The molecule has 2 aromatic carbocycles. The van der Waals surface area contributed by atoms with E-state index in [0.717, 1.165) is 19.5 Å². The molecule has 0 bridgehead atoms. The van der Waals surface area contributed by atoms with E-state index in [4.69, 9.17) is 16.3 Å². The lowest BCUT2D eigenvalue weighted by atomic mass is 10.3. The molecule has 0 saturated heterocycles. The van der Waals surface area contributed by atoms with Gasteiger partial charge in [-0.25, -0.2) is 0 Å². The zero-order valence-electron chi connectivity index (χ0n) is 11.0. The number of nitrogens with one attached hydrogen (secondary N) is 1. The van der Waals surface area contributed by atoms with Crippen molar-refractivity contribution in [3.05, 3.63) is 55.5 Å². The van der Waals surface area contributed by atoms with Crippen LogP contribution in [0.1, 0.15) is 0 Å². The van der Waals surface area contributed by atoms with Crippen LogP contribution in [0.5, 0.6) is 5.75 Å². The molecule has 0 aliphatic rings. The molecule has 0 saturated carbocycles. The molecule has 1 unspecified atom stereocenters. The molecular weight excluding hydrogens is 468 g/mol. The fourth-order valence-corrected chi connectivity index (χ4v) is 2.97. The highest BCUT2D eigenvalue weighted by molar-refractivity contribution is 14.1. The van der Waals surface area contributed by atoms with Gasteiger partial charge in [0.15, 0.2) is 0 Å². The van der Waals surface area contributed by atoms with Crippen LogP contribution < -0.4 is 10.1 Å². The molecule has 1 atom stereocenters. The zero-order chi connectivity index (χ0) is 15.2. The number of hydrogen-bond donors (Lipinski definition) is 2. The topological polar surface area (TPSA) is 41.5 Å². The largest absolute Gasteiger partial charge is 0.491 e. The Morgan fingerprint density at radius 1 is 1.24 bits per heavy atom. The predicted octanol–water partition coefficient (Wildman–Crippen LogP) is 4.56. The van der Waals surface area contributed by atoms with E-state index >= 15 is 0 Å². The Labute approximate surface area is 150 Å². The molecule has 2 N–H and O–H groups in total. The summed E-state index contributed by atoms with van der Waals surface area (Å²) in [5, 5.41) is 13.8. The minimum Gasteiger partial charge on any atom is -0.491 e. The van der Waals surface area contributed by atoms with E-state index in [0.29, 0.717) is 11.6 Å². The molecule has 0 aliphatic heterocycles. The molecule has 0 aromatic heterocycles. The number of halogens is 3. The summed E-state index contributed by atoms with van der Waals surface area (Å²) in [6.07, 6.45) is -0.597. The van der Waals surface area contributed by atoms with E-state index in [1.165, 1.54) is 0 Å². The maximum atomic E-state index is 9.95. The maximum Gasteiger partial charge on any atom is 0.119 e. The molecule has 0 amide bonds. The van der Waals surface area contributed by atoms with Crippen LogP contribution in [0.25, 0.3) is 0 Å². The smallest absolute Gasteiger partial charge is 0.119 e. The van der Waals surface area contributed by atoms with E-state index in [2.05, 4.69) is 43.8 Å². The number of aliphatic hydroxyl groups excluding tert-OH is 1. The highest BCUT2D eigenvalue weighted by Crippen LogP contribution is 2.22. The van der Waals surface area contributed by atoms with Crippen molar-refractivity contribution >= 4 is 55.8 Å². The minimum absolute atomic E-state index is 0.235. The van der Waals surface area contributed by atoms with Gasteiger partial charge in [-0.1, -0.05) is 27.5 Å². The third-order valence-corrected chi connectivity index (χ3v) is 4.37. The quantitative estimate of drug-likeness (QED) is 0.594. The Bertz CT molecular complexity index is 595. The molecule has 3 nitrogen and oxygen atoms in total. The third kappa shape index (κ3) is 5.65. The summed E-state index contributed by atoms with van der Waals surface area (Å²) in [5.74, 6) is 0.735. The molecule has 2 rings (SSSR count). The van der Waals surface area contributed by atoms with Crippen LogP contribution in [0, 0.1) is 3.57 Å². The zero-order valence-corrected chi connectivity index (χ0v) is 15.5. The summed E-state index contributed by atoms with van der Waals surface area (Å²) in [4.78, 5) is 0. The molecule has 6 heteroatoms. The summed E-state index contributed by atoms with van der Waals surface area (Å²) >= 11 is 11.5. The van der Waals surface area contributed by atoms with Gasteiger partial charge in [-0.3, -0.25) is 0 Å². The lowest BCUT2D eigenvalue weighted by molar-refractivity contribution is 0.117. The van der Waals surface area contributed by atoms with Crippen molar-refractivity contribution in [1.82, 2.24) is 0 Å². The molecule has 112 valence electrons. The summed E-state index contributed by atoms with van der Waals surface area (Å²) in [6.45, 7) is 0.646. The van der Waals surface area contributed by atoms with Crippen molar-refractivity contribution < 1.29 is 9.84 Å². The Balaban J connectivity index is 1.79. The first-order chi connectivity index (χ1) is 10.0. The molecule has 0 aliphatic carbocycles. The van der Waals surface area contributed by atoms with Gasteiger partial charge in [-0.2, -0.15) is 0 Å². The molecule has 2 aromatic rings. The van der Waals surface area contributed by atoms with Crippen molar-refractivity contribution in [2.75, 3.05) is 18.5 Å². The van der Waals surface area contributed by atoms with Gasteiger partial charge in [0, 0.05) is 25.3 Å². The van der Waals surface area contributed by atoms with E-state index in [9.17, 15) is 5.11 Å². The number of rotatable bonds is 6. The van der Waals surface area contributed by atoms with Gasteiger partial charge in [0.05, 0.1) is 0 Å². The molecule has 0 heterocycles. The SMILES string of the molecule is OC(CNc1ccc(Cl)cc1I)COc1ccc(Br)cc1. The number of aliphatic hydroxyl groups is 1. The van der Waals surface area contributed by atoms with Gasteiger partial charge in [0.2, 0.25) is 0 Å². The standard InChI is InChI=1S/C15H14BrClINO2/c16-10-1-4-13(5-2-10)21-9-12(20)8-19-15-6-3-11(17)7-14(15)18/h1-7,12,19-20H,8-9H2. The van der Waals surface area contributed by atoms with Crippen LogP contribution in [0.3, 0.4) is 0 Å². The van der Waals surface area contributed by atoms with Crippen LogP contribution in [-0.4, -0.2) is 24.4 Å². The fraction of sp³-hybridized carbons (Fsp3) is 0.200. The minimum atomic E-state index is -0.597. The number of anilines is 1.